The van der Waals surface area contributed by atoms with Crippen molar-refractivity contribution in [2.24, 2.45) is 5.73 Å². The quantitative estimate of drug-likeness (QED) is 0.896. The summed E-state index contributed by atoms with van der Waals surface area (Å²) in [5, 5.41) is 3.17. The summed E-state index contributed by atoms with van der Waals surface area (Å²) in [5.74, 6) is 1.06. The Morgan fingerprint density at radius 3 is 3.05 bits per heavy atom. The standard InChI is InChI=1S/C15H15N3O2/c1-9-6-11-7-12(2-3-13(11)20-9)18-14-8-10(15(16)19)4-5-17-14/h2-5,7-9H,6H2,1H3,(H2,16,19)(H,17,18). The van der Waals surface area contributed by atoms with Crippen LogP contribution in [-0.4, -0.2) is 17.0 Å². The van der Waals surface area contributed by atoms with Crippen molar-refractivity contribution < 1.29 is 9.53 Å². The van der Waals surface area contributed by atoms with E-state index in [9.17, 15) is 4.79 Å². The summed E-state index contributed by atoms with van der Waals surface area (Å²) < 4.78 is 5.66. The first-order chi connectivity index (χ1) is 9.61. The van der Waals surface area contributed by atoms with Crippen LogP contribution < -0.4 is 15.8 Å². The third kappa shape index (κ3) is 2.42. The normalized spacial score (nSPS) is 16.4. The molecule has 1 aromatic carbocycles. The number of fused-ring (bicyclic) bond motifs is 1. The number of carbonyl (C=O) groups is 1. The van der Waals surface area contributed by atoms with Gasteiger partial charge in [-0.05, 0) is 42.8 Å². The summed E-state index contributed by atoms with van der Waals surface area (Å²) in [6.07, 6.45) is 2.68. The predicted molar refractivity (Wildman–Crippen MR) is 76.3 cm³/mol. The van der Waals surface area contributed by atoms with Crippen molar-refractivity contribution in [3.63, 3.8) is 0 Å². The van der Waals surface area contributed by atoms with Crippen LogP contribution in [0.4, 0.5) is 11.5 Å². The second-order valence-corrected chi connectivity index (χ2v) is 4.87. The molecule has 1 unspecified atom stereocenters. The molecule has 102 valence electrons. The van der Waals surface area contributed by atoms with Crippen LogP contribution in [0.3, 0.4) is 0 Å². The molecule has 2 aromatic rings. The Labute approximate surface area is 116 Å². The van der Waals surface area contributed by atoms with E-state index in [2.05, 4.69) is 10.3 Å². The van der Waals surface area contributed by atoms with Gasteiger partial charge in [-0.15, -0.1) is 0 Å². The Morgan fingerprint density at radius 1 is 1.40 bits per heavy atom. The predicted octanol–water partition coefficient (Wildman–Crippen LogP) is 2.25. The monoisotopic (exact) mass is 269 g/mol. The van der Waals surface area contributed by atoms with Crippen molar-refractivity contribution in [3.8, 4) is 5.75 Å². The first-order valence-corrected chi connectivity index (χ1v) is 6.44. The SMILES string of the molecule is CC1Cc2cc(Nc3cc(C(N)=O)ccn3)ccc2O1. The molecule has 0 saturated carbocycles. The lowest BCUT2D eigenvalue weighted by Gasteiger charge is -2.08. The minimum absolute atomic E-state index is 0.219. The molecule has 1 aromatic heterocycles. The van der Waals surface area contributed by atoms with E-state index < -0.39 is 5.91 Å². The van der Waals surface area contributed by atoms with Gasteiger partial charge in [0.05, 0.1) is 0 Å². The van der Waals surface area contributed by atoms with Crippen LogP contribution >= 0.6 is 0 Å². The van der Waals surface area contributed by atoms with Crippen LogP contribution in [0.1, 0.15) is 22.8 Å². The fourth-order valence-corrected chi connectivity index (χ4v) is 2.30. The van der Waals surface area contributed by atoms with Gasteiger partial charge in [0, 0.05) is 23.9 Å². The molecule has 1 atom stereocenters. The second-order valence-electron chi connectivity index (χ2n) is 4.87. The molecule has 3 rings (SSSR count). The lowest BCUT2D eigenvalue weighted by Crippen LogP contribution is -2.11. The van der Waals surface area contributed by atoms with E-state index in [-0.39, 0.29) is 6.10 Å². The minimum atomic E-state index is -0.466. The molecule has 0 radical (unpaired) electrons. The molecule has 1 amide bonds. The Morgan fingerprint density at radius 2 is 2.25 bits per heavy atom. The maximum absolute atomic E-state index is 11.1. The highest BCUT2D eigenvalue weighted by molar-refractivity contribution is 5.93. The van der Waals surface area contributed by atoms with Gasteiger partial charge in [0.2, 0.25) is 5.91 Å². The summed E-state index contributed by atoms with van der Waals surface area (Å²) in [6, 6.07) is 9.13. The smallest absolute Gasteiger partial charge is 0.248 e. The topological polar surface area (TPSA) is 77.2 Å². The van der Waals surface area contributed by atoms with Gasteiger partial charge in [-0.2, -0.15) is 0 Å². The maximum atomic E-state index is 11.1. The number of nitrogens with one attached hydrogen (secondary N) is 1. The highest BCUT2D eigenvalue weighted by Gasteiger charge is 2.18. The highest BCUT2D eigenvalue weighted by atomic mass is 16.5. The molecular weight excluding hydrogens is 254 g/mol. The molecular formula is C15H15N3O2. The largest absolute Gasteiger partial charge is 0.490 e. The average molecular weight is 269 g/mol. The summed E-state index contributed by atoms with van der Waals surface area (Å²) >= 11 is 0. The van der Waals surface area contributed by atoms with Gasteiger partial charge in [-0.3, -0.25) is 4.79 Å². The van der Waals surface area contributed by atoms with Crippen LogP contribution in [-0.2, 0) is 6.42 Å². The number of anilines is 2. The number of nitrogens with zero attached hydrogens (tertiary/aromatic N) is 1. The fourth-order valence-electron chi connectivity index (χ4n) is 2.30. The van der Waals surface area contributed by atoms with Crippen LogP contribution in [0.5, 0.6) is 5.75 Å². The summed E-state index contributed by atoms with van der Waals surface area (Å²) in [5.41, 5.74) is 7.77. The molecule has 5 heteroatoms. The third-order valence-corrected chi connectivity index (χ3v) is 3.21. The number of amides is 1. The van der Waals surface area contributed by atoms with Crippen LogP contribution in [0.25, 0.3) is 0 Å². The van der Waals surface area contributed by atoms with Crippen molar-refractivity contribution >= 4 is 17.4 Å². The Bertz CT molecular complexity index is 670. The molecule has 1 aliphatic heterocycles. The zero-order valence-electron chi connectivity index (χ0n) is 11.1. The van der Waals surface area contributed by atoms with Gasteiger partial charge in [0.15, 0.2) is 0 Å². The number of hydrogen-bond donors (Lipinski definition) is 2. The Hall–Kier alpha value is -2.56. The molecule has 20 heavy (non-hydrogen) atoms. The molecule has 1 aliphatic rings. The number of rotatable bonds is 3. The van der Waals surface area contributed by atoms with E-state index in [0.717, 1.165) is 17.9 Å². The van der Waals surface area contributed by atoms with E-state index >= 15 is 0 Å². The maximum Gasteiger partial charge on any atom is 0.248 e. The molecule has 5 nitrogen and oxygen atoms in total. The van der Waals surface area contributed by atoms with Crippen molar-refractivity contribution in [2.45, 2.75) is 19.4 Å². The van der Waals surface area contributed by atoms with E-state index in [1.807, 2.05) is 25.1 Å². The van der Waals surface area contributed by atoms with E-state index in [4.69, 9.17) is 10.5 Å². The first-order valence-electron chi connectivity index (χ1n) is 6.44. The van der Waals surface area contributed by atoms with Crippen LogP contribution in [0.15, 0.2) is 36.5 Å². The molecule has 0 spiro atoms. The van der Waals surface area contributed by atoms with Crippen molar-refractivity contribution in [1.82, 2.24) is 4.98 Å². The number of nitrogens with two attached hydrogens (primary N) is 1. The van der Waals surface area contributed by atoms with Crippen molar-refractivity contribution in [3.05, 3.63) is 47.7 Å². The molecule has 3 N–H and O–H groups in total. The number of primary amides is 1. The minimum Gasteiger partial charge on any atom is -0.490 e. The molecule has 0 aliphatic carbocycles. The molecule has 2 heterocycles. The first kappa shape index (κ1) is 12.5. The van der Waals surface area contributed by atoms with Crippen molar-refractivity contribution in [1.29, 1.82) is 0 Å². The van der Waals surface area contributed by atoms with Gasteiger partial charge in [-0.25, -0.2) is 4.98 Å². The number of pyridine rings is 1. The van der Waals surface area contributed by atoms with Gasteiger partial charge in [0.1, 0.15) is 17.7 Å². The van der Waals surface area contributed by atoms with Crippen LogP contribution in [0.2, 0.25) is 0 Å². The highest BCUT2D eigenvalue weighted by Crippen LogP contribution is 2.31. The zero-order chi connectivity index (χ0) is 14.1. The molecule has 0 fully saturated rings. The Kier molecular flexibility index (Phi) is 3.02. The number of carbonyl (C=O) groups excluding carboxylic acids is 1. The Balaban J connectivity index is 1.83. The number of aromatic nitrogens is 1. The van der Waals surface area contributed by atoms with Crippen molar-refractivity contribution in [2.75, 3.05) is 5.32 Å². The lowest BCUT2D eigenvalue weighted by molar-refractivity contribution is 0.1000. The van der Waals surface area contributed by atoms with Gasteiger partial charge < -0.3 is 15.8 Å². The van der Waals surface area contributed by atoms with E-state index in [1.165, 1.54) is 5.56 Å². The number of ether oxygens (including phenoxy) is 1. The average Bonchev–Trinajstić information content (AvgIpc) is 2.78. The fraction of sp³-hybridized carbons (Fsp3) is 0.200. The molecule has 0 saturated heterocycles. The third-order valence-electron chi connectivity index (χ3n) is 3.21. The summed E-state index contributed by atoms with van der Waals surface area (Å²) in [6.45, 7) is 2.05. The van der Waals surface area contributed by atoms with E-state index in [0.29, 0.717) is 11.4 Å². The van der Waals surface area contributed by atoms with Gasteiger partial charge in [0.25, 0.3) is 0 Å². The van der Waals surface area contributed by atoms with E-state index in [1.54, 1.807) is 18.3 Å². The summed E-state index contributed by atoms with van der Waals surface area (Å²) in [4.78, 5) is 15.3. The number of hydrogen-bond acceptors (Lipinski definition) is 4. The zero-order valence-corrected chi connectivity index (χ0v) is 11.1. The van der Waals surface area contributed by atoms with Gasteiger partial charge in [-0.1, -0.05) is 0 Å². The molecule has 0 bridgehead atoms. The van der Waals surface area contributed by atoms with Gasteiger partial charge >= 0.3 is 0 Å². The lowest BCUT2D eigenvalue weighted by atomic mass is 10.1. The summed E-state index contributed by atoms with van der Waals surface area (Å²) in [7, 11) is 0. The second kappa shape index (κ2) is 4.85. The number of benzene rings is 1. The van der Waals surface area contributed by atoms with Crippen LogP contribution in [0, 0.1) is 0 Å².